The summed E-state index contributed by atoms with van der Waals surface area (Å²) in [4.78, 5) is 14.0. The first-order valence-corrected chi connectivity index (χ1v) is 10.5. The van der Waals surface area contributed by atoms with Gasteiger partial charge in [0.25, 0.3) is 0 Å². The Bertz CT molecular complexity index is 866. The second-order valence-corrected chi connectivity index (χ2v) is 8.95. The Hall–Kier alpha value is -2.08. The zero-order valence-corrected chi connectivity index (χ0v) is 16.2. The molecule has 2 aromatic rings. The van der Waals surface area contributed by atoms with Crippen LogP contribution in [0.3, 0.4) is 0 Å². The first-order chi connectivity index (χ1) is 13.2. The van der Waals surface area contributed by atoms with Crippen molar-refractivity contribution in [1.82, 2.24) is 9.88 Å². The van der Waals surface area contributed by atoms with E-state index < -0.39 is 0 Å². The van der Waals surface area contributed by atoms with Gasteiger partial charge >= 0.3 is 0 Å². The molecule has 3 aliphatic heterocycles. The number of amidine groups is 1. The number of pyridine rings is 1. The average Bonchev–Trinajstić information content (AvgIpc) is 3.38. The van der Waals surface area contributed by atoms with Crippen LogP contribution in [0.1, 0.15) is 43.1 Å². The van der Waals surface area contributed by atoms with Crippen LogP contribution in [0, 0.1) is 5.82 Å². The molecule has 27 heavy (non-hydrogen) atoms. The molecule has 140 valence electrons. The fourth-order valence-corrected chi connectivity index (χ4v) is 5.49. The molecule has 3 atom stereocenters. The lowest BCUT2D eigenvalue weighted by atomic mass is 9.96. The number of aliphatic imine (C=N–C) groups is 1. The van der Waals surface area contributed by atoms with Crippen LogP contribution in [0.25, 0.3) is 0 Å². The molecule has 2 saturated heterocycles. The molecule has 0 bridgehead atoms. The number of halogens is 1. The third-order valence-electron chi connectivity index (χ3n) is 5.64. The second-order valence-electron chi connectivity index (χ2n) is 7.54. The molecule has 0 unspecified atom stereocenters. The highest BCUT2D eigenvalue weighted by atomic mass is 32.2. The molecule has 5 rings (SSSR count). The molecule has 0 spiro atoms. The Morgan fingerprint density at radius 1 is 1.15 bits per heavy atom. The minimum atomic E-state index is -0.123. The normalized spacial score (nSPS) is 27.2. The molecule has 2 fully saturated rings. The van der Waals surface area contributed by atoms with Crippen LogP contribution in [-0.4, -0.2) is 39.9 Å². The van der Waals surface area contributed by atoms with E-state index in [4.69, 9.17) is 4.99 Å². The van der Waals surface area contributed by atoms with Gasteiger partial charge in [-0.05, 0) is 42.7 Å². The van der Waals surface area contributed by atoms with Crippen LogP contribution in [-0.2, 0) is 0 Å². The average molecular weight is 383 g/mol. The van der Waals surface area contributed by atoms with E-state index in [0.29, 0.717) is 5.25 Å². The molecule has 6 heteroatoms. The van der Waals surface area contributed by atoms with E-state index in [1.54, 1.807) is 17.8 Å². The highest BCUT2D eigenvalue weighted by molar-refractivity contribution is 8.14. The van der Waals surface area contributed by atoms with Gasteiger partial charge < -0.3 is 9.80 Å². The third-order valence-corrected chi connectivity index (χ3v) is 6.74. The molecular weight excluding hydrogens is 359 g/mol. The van der Waals surface area contributed by atoms with Crippen molar-refractivity contribution < 1.29 is 4.39 Å². The van der Waals surface area contributed by atoms with Gasteiger partial charge in [0.05, 0.1) is 17.4 Å². The standard InChI is InChI=1S/C21H23FN4S/c1-14-13-26-20(19(24-21(26)27-14)17-6-2-3-9-23-17)15-7-8-18(16(22)12-15)25-10-4-5-11-25/h2-3,6-9,12,14,19-20H,4-5,10-11,13H2,1H3/t14-,19-,20-/m1/s1. The van der Waals surface area contributed by atoms with Crippen molar-refractivity contribution in [2.75, 3.05) is 24.5 Å². The van der Waals surface area contributed by atoms with Crippen LogP contribution in [0.5, 0.6) is 0 Å². The summed E-state index contributed by atoms with van der Waals surface area (Å²) in [5.74, 6) is -0.123. The molecule has 1 aromatic carbocycles. The molecule has 0 amide bonds. The summed E-state index contributed by atoms with van der Waals surface area (Å²) >= 11 is 1.81. The quantitative estimate of drug-likeness (QED) is 0.787. The molecule has 0 saturated carbocycles. The highest BCUT2D eigenvalue weighted by Gasteiger charge is 2.43. The minimum absolute atomic E-state index is 0.00878. The van der Waals surface area contributed by atoms with Crippen molar-refractivity contribution in [3.63, 3.8) is 0 Å². The number of hydrogen-bond acceptors (Lipinski definition) is 5. The summed E-state index contributed by atoms with van der Waals surface area (Å²) < 4.78 is 15.0. The highest BCUT2D eigenvalue weighted by Crippen LogP contribution is 2.47. The maximum Gasteiger partial charge on any atom is 0.160 e. The van der Waals surface area contributed by atoms with Gasteiger partial charge in [0.2, 0.25) is 0 Å². The Labute approximate surface area is 163 Å². The smallest absolute Gasteiger partial charge is 0.160 e. The predicted octanol–water partition coefficient (Wildman–Crippen LogP) is 4.41. The number of hydrogen-bond donors (Lipinski definition) is 0. The van der Waals surface area contributed by atoms with E-state index in [2.05, 4.69) is 27.8 Å². The fourth-order valence-electron chi connectivity index (χ4n) is 4.40. The van der Waals surface area contributed by atoms with Crippen LogP contribution in [0.2, 0.25) is 0 Å². The Morgan fingerprint density at radius 3 is 2.74 bits per heavy atom. The summed E-state index contributed by atoms with van der Waals surface area (Å²) in [7, 11) is 0. The SMILES string of the molecule is C[C@@H]1CN2C(=N[C@H](c3ccccn3)[C@H]2c2ccc(N3CCCC3)c(F)c2)S1. The van der Waals surface area contributed by atoms with Gasteiger partial charge in [-0.3, -0.25) is 9.98 Å². The van der Waals surface area contributed by atoms with Gasteiger partial charge in [-0.15, -0.1) is 0 Å². The number of benzene rings is 1. The summed E-state index contributed by atoms with van der Waals surface area (Å²) in [6.45, 7) is 5.05. The van der Waals surface area contributed by atoms with Gasteiger partial charge in [-0.2, -0.15) is 0 Å². The minimum Gasteiger partial charge on any atom is -0.369 e. The second kappa shape index (κ2) is 6.82. The number of fused-ring (bicyclic) bond motifs is 1. The Balaban J connectivity index is 1.52. The fraction of sp³-hybridized carbons (Fsp3) is 0.429. The van der Waals surface area contributed by atoms with E-state index in [1.165, 1.54) is 0 Å². The van der Waals surface area contributed by atoms with Crippen molar-refractivity contribution in [2.24, 2.45) is 4.99 Å². The number of thioether (sulfide) groups is 1. The van der Waals surface area contributed by atoms with Crippen molar-refractivity contribution in [3.8, 4) is 0 Å². The largest absolute Gasteiger partial charge is 0.369 e. The van der Waals surface area contributed by atoms with Crippen molar-refractivity contribution in [1.29, 1.82) is 0 Å². The van der Waals surface area contributed by atoms with Crippen LogP contribution < -0.4 is 4.90 Å². The monoisotopic (exact) mass is 382 g/mol. The van der Waals surface area contributed by atoms with Crippen molar-refractivity contribution in [3.05, 3.63) is 59.7 Å². The van der Waals surface area contributed by atoms with Crippen LogP contribution in [0.15, 0.2) is 47.6 Å². The zero-order valence-electron chi connectivity index (χ0n) is 15.4. The van der Waals surface area contributed by atoms with E-state index >= 15 is 0 Å². The number of aromatic nitrogens is 1. The molecule has 3 aliphatic rings. The third kappa shape index (κ3) is 3.00. The summed E-state index contributed by atoms with van der Waals surface area (Å²) in [5, 5.41) is 1.57. The Morgan fingerprint density at radius 2 is 2.00 bits per heavy atom. The van der Waals surface area contributed by atoms with Gasteiger partial charge in [-0.25, -0.2) is 4.39 Å². The van der Waals surface area contributed by atoms with Gasteiger partial charge in [-0.1, -0.05) is 30.8 Å². The molecular formula is C21H23FN4S. The van der Waals surface area contributed by atoms with Gasteiger partial charge in [0.15, 0.2) is 5.17 Å². The maximum atomic E-state index is 15.0. The maximum absolute atomic E-state index is 15.0. The molecule has 0 aliphatic carbocycles. The van der Waals surface area contributed by atoms with Crippen LogP contribution in [0.4, 0.5) is 10.1 Å². The number of rotatable bonds is 3. The van der Waals surface area contributed by atoms with E-state index in [9.17, 15) is 4.39 Å². The summed E-state index contributed by atoms with van der Waals surface area (Å²) in [6, 6.07) is 11.6. The molecule has 0 radical (unpaired) electrons. The lowest BCUT2D eigenvalue weighted by Crippen LogP contribution is -2.29. The lowest BCUT2D eigenvalue weighted by Gasteiger charge is -2.28. The molecule has 4 nitrogen and oxygen atoms in total. The van der Waals surface area contributed by atoms with Crippen LogP contribution >= 0.6 is 11.8 Å². The summed E-state index contributed by atoms with van der Waals surface area (Å²) in [5.41, 5.74) is 2.66. The molecule has 0 N–H and O–H groups in total. The van der Waals surface area contributed by atoms with E-state index in [0.717, 1.165) is 54.6 Å². The van der Waals surface area contributed by atoms with Gasteiger partial charge in [0.1, 0.15) is 11.9 Å². The molecule has 4 heterocycles. The number of nitrogens with zero attached hydrogens (tertiary/aromatic N) is 4. The van der Waals surface area contributed by atoms with Crippen molar-refractivity contribution >= 4 is 22.6 Å². The molecule has 1 aromatic heterocycles. The first-order valence-electron chi connectivity index (χ1n) is 9.67. The van der Waals surface area contributed by atoms with Crippen molar-refractivity contribution in [2.45, 2.75) is 37.1 Å². The summed E-state index contributed by atoms with van der Waals surface area (Å²) in [6.07, 6.45) is 4.10. The lowest BCUT2D eigenvalue weighted by molar-refractivity contribution is 0.320. The van der Waals surface area contributed by atoms with Gasteiger partial charge in [0, 0.05) is 31.1 Å². The zero-order chi connectivity index (χ0) is 18.4. The first kappa shape index (κ1) is 17.0. The van der Waals surface area contributed by atoms with E-state index in [1.807, 2.05) is 30.5 Å². The topological polar surface area (TPSA) is 31.7 Å². The predicted molar refractivity (Wildman–Crippen MR) is 109 cm³/mol. The van der Waals surface area contributed by atoms with E-state index in [-0.39, 0.29) is 17.9 Å². The number of anilines is 1. The Kier molecular flexibility index (Phi) is 4.31.